The van der Waals surface area contributed by atoms with E-state index in [0.717, 1.165) is 13.1 Å². The Balaban J connectivity index is 2.06. The molecule has 5 nitrogen and oxygen atoms in total. The summed E-state index contributed by atoms with van der Waals surface area (Å²) >= 11 is 1.70. The van der Waals surface area contributed by atoms with Crippen LogP contribution in [0, 0.1) is 0 Å². The molecule has 2 aromatic rings. The smallest absolute Gasteiger partial charge is 0.252 e. The molecule has 118 valence electrons. The van der Waals surface area contributed by atoms with Gasteiger partial charge < -0.3 is 10.3 Å². The average molecular weight is 319 g/mol. The number of nitrogens with one attached hydrogen (secondary N) is 2. The van der Waals surface area contributed by atoms with Crippen LogP contribution in [0.1, 0.15) is 35.1 Å². The van der Waals surface area contributed by atoms with Crippen molar-refractivity contribution in [2.45, 2.75) is 19.9 Å². The maximum absolute atomic E-state index is 12.2. The van der Waals surface area contributed by atoms with Gasteiger partial charge in [-0.05, 0) is 30.6 Å². The van der Waals surface area contributed by atoms with E-state index in [4.69, 9.17) is 0 Å². The van der Waals surface area contributed by atoms with Crippen molar-refractivity contribution in [1.29, 1.82) is 0 Å². The van der Waals surface area contributed by atoms with Gasteiger partial charge in [-0.15, -0.1) is 11.3 Å². The number of aromatic amines is 1. The fourth-order valence-corrected chi connectivity index (χ4v) is 3.26. The lowest BCUT2D eigenvalue weighted by Gasteiger charge is -2.29. The molecule has 0 aliphatic heterocycles. The summed E-state index contributed by atoms with van der Waals surface area (Å²) in [6, 6.07) is 7.18. The lowest BCUT2D eigenvalue weighted by Crippen LogP contribution is -2.37. The minimum atomic E-state index is -0.212. The second-order valence-corrected chi connectivity index (χ2v) is 5.88. The van der Waals surface area contributed by atoms with Crippen LogP contribution in [-0.2, 0) is 0 Å². The first-order chi connectivity index (χ1) is 10.7. The highest BCUT2D eigenvalue weighted by Crippen LogP contribution is 2.24. The van der Waals surface area contributed by atoms with Gasteiger partial charge in [-0.3, -0.25) is 14.5 Å². The molecule has 0 aliphatic carbocycles. The highest BCUT2D eigenvalue weighted by Gasteiger charge is 2.20. The van der Waals surface area contributed by atoms with Gasteiger partial charge in [0.1, 0.15) is 0 Å². The molecule has 1 atom stereocenters. The first-order valence-electron chi connectivity index (χ1n) is 7.40. The number of thiophene rings is 1. The second-order valence-electron chi connectivity index (χ2n) is 4.90. The molecule has 2 heterocycles. The van der Waals surface area contributed by atoms with Crippen molar-refractivity contribution in [3.8, 4) is 0 Å². The maximum atomic E-state index is 12.2. The van der Waals surface area contributed by atoms with Crippen molar-refractivity contribution in [2.24, 2.45) is 0 Å². The topological polar surface area (TPSA) is 65.2 Å². The van der Waals surface area contributed by atoms with Crippen LogP contribution in [0.5, 0.6) is 0 Å². The molecule has 2 rings (SSSR count). The van der Waals surface area contributed by atoms with Crippen LogP contribution in [-0.4, -0.2) is 35.4 Å². The highest BCUT2D eigenvalue weighted by atomic mass is 32.1. The number of nitrogens with zero attached hydrogens (tertiary/aromatic N) is 1. The van der Waals surface area contributed by atoms with Crippen LogP contribution in [0.4, 0.5) is 0 Å². The number of aromatic nitrogens is 1. The van der Waals surface area contributed by atoms with E-state index in [2.05, 4.69) is 40.5 Å². The van der Waals surface area contributed by atoms with Crippen LogP contribution in [0.2, 0.25) is 0 Å². The zero-order chi connectivity index (χ0) is 15.9. The van der Waals surface area contributed by atoms with E-state index in [1.807, 2.05) is 6.07 Å². The maximum Gasteiger partial charge on any atom is 0.252 e. The van der Waals surface area contributed by atoms with Crippen LogP contribution in [0.25, 0.3) is 0 Å². The fourth-order valence-electron chi connectivity index (χ4n) is 2.40. The fraction of sp³-hybridized carbons (Fsp3) is 0.375. The molecule has 1 unspecified atom stereocenters. The Hall–Kier alpha value is -1.92. The highest BCUT2D eigenvalue weighted by molar-refractivity contribution is 7.10. The minimum absolute atomic E-state index is 0.168. The summed E-state index contributed by atoms with van der Waals surface area (Å²) in [6.45, 7) is 6.63. The predicted molar refractivity (Wildman–Crippen MR) is 89.4 cm³/mol. The first-order valence-corrected chi connectivity index (χ1v) is 8.28. The molecular weight excluding hydrogens is 298 g/mol. The molecule has 0 bridgehead atoms. The number of hydrogen-bond acceptors (Lipinski definition) is 4. The molecule has 0 aromatic carbocycles. The van der Waals surface area contributed by atoms with Gasteiger partial charge in [0.25, 0.3) is 5.91 Å². The van der Waals surface area contributed by atoms with Crippen molar-refractivity contribution in [3.63, 3.8) is 0 Å². The molecular formula is C16H21N3O2S. The SMILES string of the molecule is CCN(CC)C(CNC(=O)c1ccc(=O)[nH]c1)c1cccs1. The Labute approximate surface area is 134 Å². The third-order valence-electron chi connectivity index (χ3n) is 3.63. The Kier molecular flexibility index (Phi) is 5.91. The number of hydrogen-bond donors (Lipinski definition) is 2. The summed E-state index contributed by atoms with van der Waals surface area (Å²) in [5.74, 6) is -0.176. The third-order valence-corrected chi connectivity index (χ3v) is 4.60. The molecule has 0 aliphatic rings. The number of carbonyl (C=O) groups excluding carboxylic acids is 1. The number of pyridine rings is 1. The van der Waals surface area contributed by atoms with E-state index in [1.54, 1.807) is 11.3 Å². The quantitative estimate of drug-likeness (QED) is 0.822. The average Bonchev–Trinajstić information content (AvgIpc) is 3.06. The Morgan fingerprint density at radius 3 is 2.64 bits per heavy atom. The van der Waals surface area contributed by atoms with Crippen LogP contribution in [0.3, 0.4) is 0 Å². The van der Waals surface area contributed by atoms with Crippen molar-refractivity contribution in [2.75, 3.05) is 19.6 Å². The van der Waals surface area contributed by atoms with Crippen molar-refractivity contribution < 1.29 is 4.79 Å². The van der Waals surface area contributed by atoms with Gasteiger partial charge in [0.05, 0.1) is 11.6 Å². The van der Waals surface area contributed by atoms with Crippen molar-refractivity contribution in [3.05, 3.63) is 56.6 Å². The van der Waals surface area contributed by atoms with Gasteiger partial charge in [0.2, 0.25) is 5.56 Å². The molecule has 22 heavy (non-hydrogen) atoms. The standard InChI is InChI=1S/C16H21N3O2S/c1-3-19(4-2)13(14-6-5-9-22-14)11-18-16(21)12-7-8-15(20)17-10-12/h5-10,13H,3-4,11H2,1-2H3,(H,17,20)(H,18,21). The molecule has 0 radical (unpaired) electrons. The Morgan fingerprint density at radius 2 is 2.09 bits per heavy atom. The summed E-state index contributed by atoms with van der Waals surface area (Å²) in [5.41, 5.74) is 0.250. The summed E-state index contributed by atoms with van der Waals surface area (Å²) in [6.07, 6.45) is 1.44. The Morgan fingerprint density at radius 1 is 1.32 bits per heavy atom. The van der Waals surface area contributed by atoms with Crippen LogP contribution in [0.15, 0.2) is 40.6 Å². The second kappa shape index (κ2) is 7.91. The molecule has 0 saturated heterocycles. The molecule has 0 saturated carbocycles. The normalized spacial score (nSPS) is 12.3. The molecule has 2 N–H and O–H groups in total. The van der Waals surface area contributed by atoms with Gasteiger partial charge >= 0.3 is 0 Å². The predicted octanol–water partition coefficient (Wildman–Crippen LogP) is 2.25. The number of rotatable bonds is 7. The zero-order valence-electron chi connectivity index (χ0n) is 12.8. The van der Waals surface area contributed by atoms with E-state index in [1.165, 1.54) is 23.2 Å². The molecule has 6 heteroatoms. The number of carbonyl (C=O) groups is 1. The van der Waals surface area contributed by atoms with E-state index in [-0.39, 0.29) is 17.5 Å². The van der Waals surface area contributed by atoms with E-state index in [9.17, 15) is 9.59 Å². The van der Waals surface area contributed by atoms with E-state index in [0.29, 0.717) is 12.1 Å². The number of amides is 1. The molecule has 1 amide bonds. The van der Waals surface area contributed by atoms with Gasteiger partial charge in [-0.2, -0.15) is 0 Å². The number of H-pyrrole nitrogens is 1. The molecule has 0 spiro atoms. The van der Waals surface area contributed by atoms with Crippen molar-refractivity contribution in [1.82, 2.24) is 15.2 Å². The largest absolute Gasteiger partial charge is 0.350 e. The third kappa shape index (κ3) is 4.05. The number of likely N-dealkylation sites (N-methyl/N-ethyl adjacent to an activating group) is 1. The first kappa shape index (κ1) is 16.5. The van der Waals surface area contributed by atoms with Gasteiger partial charge in [-0.1, -0.05) is 19.9 Å². The minimum Gasteiger partial charge on any atom is -0.350 e. The molecule has 0 fully saturated rings. The van der Waals surface area contributed by atoms with Crippen molar-refractivity contribution >= 4 is 17.2 Å². The van der Waals surface area contributed by atoms with Crippen LogP contribution >= 0.6 is 11.3 Å². The van der Waals surface area contributed by atoms with Crippen LogP contribution < -0.4 is 10.9 Å². The summed E-state index contributed by atoms with van der Waals surface area (Å²) in [4.78, 5) is 29.3. The summed E-state index contributed by atoms with van der Waals surface area (Å²) in [5, 5.41) is 5.01. The zero-order valence-corrected chi connectivity index (χ0v) is 13.7. The lowest BCUT2D eigenvalue weighted by atomic mass is 10.2. The lowest BCUT2D eigenvalue weighted by molar-refractivity contribution is 0.0935. The monoisotopic (exact) mass is 319 g/mol. The molecule has 2 aromatic heterocycles. The summed E-state index contributed by atoms with van der Waals surface area (Å²) < 4.78 is 0. The summed E-state index contributed by atoms with van der Waals surface area (Å²) in [7, 11) is 0. The Bertz CT molecular complexity index is 627. The van der Waals surface area contributed by atoms with Gasteiger partial charge in [-0.25, -0.2) is 0 Å². The van der Waals surface area contributed by atoms with Gasteiger partial charge in [0, 0.05) is 23.7 Å². The van der Waals surface area contributed by atoms with Gasteiger partial charge in [0.15, 0.2) is 0 Å². The van der Waals surface area contributed by atoms with E-state index >= 15 is 0 Å². The van der Waals surface area contributed by atoms with E-state index < -0.39 is 0 Å².